The maximum absolute atomic E-state index is 8.96. The molecule has 21 heavy (non-hydrogen) atoms. The van der Waals surface area contributed by atoms with Gasteiger partial charge in [0, 0.05) is 12.0 Å². The first-order chi connectivity index (χ1) is 10.1. The Morgan fingerprint density at radius 1 is 1.33 bits per heavy atom. The van der Waals surface area contributed by atoms with Crippen LogP contribution in [-0.4, -0.2) is 9.97 Å². The number of aryl methyl sites for hydroxylation is 1. The molecule has 108 valence electrons. The second-order valence-corrected chi connectivity index (χ2v) is 4.80. The van der Waals surface area contributed by atoms with Gasteiger partial charge in [0.05, 0.1) is 22.3 Å². The van der Waals surface area contributed by atoms with E-state index in [1.165, 1.54) is 0 Å². The van der Waals surface area contributed by atoms with E-state index in [2.05, 4.69) is 26.8 Å². The molecule has 0 aliphatic carbocycles. The Labute approximate surface area is 127 Å². The highest BCUT2D eigenvalue weighted by molar-refractivity contribution is 6.33. The van der Waals surface area contributed by atoms with Crippen molar-refractivity contribution in [2.45, 2.75) is 20.3 Å². The minimum Gasteiger partial charge on any atom is -0.339 e. The van der Waals surface area contributed by atoms with Crippen molar-refractivity contribution in [3.05, 3.63) is 40.2 Å². The lowest BCUT2D eigenvalue weighted by molar-refractivity contribution is 0.932. The van der Waals surface area contributed by atoms with Gasteiger partial charge in [-0.05, 0) is 25.1 Å². The predicted octanol–water partition coefficient (Wildman–Crippen LogP) is 2.90. The topological polar surface area (TPSA) is 99.6 Å². The Hall–Kier alpha value is -2.36. The summed E-state index contributed by atoms with van der Waals surface area (Å²) in [6.07, 6.45) is 0.676. The number of anilines is 3. The average molecular weight is 303 g/mol. The normalized spacial score (nSPS) is 10.0. The molecule has 1 aromatic heterocycles. The molecule has 0 saturated heterocycles. The van der Waals surface area contributed by atoms with Crippen LogP contribution >= 0.6 is 11.6 Å². The van der Waals surface area contributed by atoms with Gasteiger partial charge in [-0.25, -0.2) is 15.8 Å². The number of nitrogens with one attached hydrogen (secondary N) is 2. The van der Waals surface area contributed by atoms with Gasteiger partial charge in [0.25, 0.3) is 0 Å². The van der Waals surface area contributed by atoms with Crippen LogP contribution in [0.4, 0.5) is 17.3 Å². The summed E-state index contributed by atoms with van der Waals surface area (Å²) in [5.74, 6) is 7.29. The SMILES string of the molecule is CCc1nc(NN)c(C)c(Nc2cc(C#N)ccc2Cl)n1. The van der Waals surface area contributed by atoms with Crippen molar-refractivity contribution in [1.82, 2.24) is 9.97 Å². The largest absolute Gasteiger partial charge is 0.339 e. The molecule has 1 aromatic carbocycles. The highest BCUT2D eigenvalue weighted by Gasteiger charge is 2.11. The Bertz CT molecular complexity index is 707. The van der Waals surface area contributed by atoms with Crippen molar-refractivity contribution < 1.29 is 0 Å². The molecule has 6 nitrogen and oxygen atoms in total. The minimum absolute atomic E-state index is 0.507. The molecule has 0 fully saturated rings. The van der Waals surface area contributed by atoms with Gasteiger partial charge in [0.15, 0.2) is 0 Å². The van der Waals surface area contributed by atoms with Crippen LogP contribution in [0, 0.1) is 18.3 Å². The Morgan fingerprint density at radius 3 is 2.67 bits per heavy atom. The molecule has 2 rings (SSSR count). The van der Waals surface area contributed by atoms with Crippen LogP contribution in [0.2, 0.25) is 5.02 Å². The van der Waals surface area contributed by atoms with Crippen molar-refractivity contribution in [2.75, 3.05) is 10.7 Å². The van der Waals surface area contributed by atoms with Crippen LogP contribution in [-0.2, 0) is 6.42 Å². The van der Waals surface area contributed by atoms with Gasteiger partial charge in [-0.3, -0.25) is 0 Å². The number of hydrogen-bond donors (Lipinski definition) is 3. The minimum atomic E-state index is 0.507. The van der Waals surface area contributed by atoms with E-state index in [1.807, 2.05) is 13.8 Å². The molecule has 1 heterocycles. The predicted molar refractivity (Wildman–Crippen MR) is 83.4 cm³/mol. The summed E-state index contributed by atoms with van der Waals surface area (Å²) >= 11 is 6.15. The summed E-state index contributed by atoms with van der Waals surface area (Å²) < 4.78 is 0. The lowest BCUT2D eigenvalue weighted by Crippen LogP contribution is -2.14. The molecule has 0 atom stereocenters. The van der Waals surface area contributed by atoms with Gasteiger partial charge in [0.1, 0.15) is 17.5 Å². The number of aromatic nitrogens is 2. The molecule has 7 heteroatoms. The monoisotopic (exact) mass is 302 g/mol. The van der Waals surface area contributed by atoms with Gasteiger partial charge < -0.3 is 10.7 Å². The fourth-order valence-corrected chi connectivity index (χ4v) is 1.97. The van der Waals surface area contributed by atoms with Crippen LogP contribution in [0.3, 0.4) is 0 Å². The zero-order valence-corrected chi connectivity index (χ0v) is 12.5. The lowest BCUT2D eigenvalue weighted by atomic mass is 10.2. The van der Waals surface area contributed by atoms with Crippen LogP contribution in [0.25, 0.3) is 0 Å². The summed E-state index contributed by atoms with van der Waals surface area (Å²) in [5.41, 5.74) is 4.46. The van der Waals surface area contributed by atoms with Gasteiger partial charge in [-0.15, -0.1) is 0 Å². The zero-order valence-electron chi connectivity index (χ0n) is 11.7. The van der Waals surface area contributed by atoms with E-state index in [0.29, 0.717) is 40.2 Å². The Balaban J connectivity index is 2.46. The number of rotatable bonds is 4. The smallest absolute Gasteiger partial charge is 0.148 e. The molecule has 0 aliphatic rings. The van der Waals surface area contributed by atoms with Gasteiger partial charge >= 0.3 is 0 Å². The maximum atomic E-state index is 8.96. The first-order valence-corrected chi connectivity index (χ1v) is 6.77. The number of nitrogens with two attached hydrogens (primary N) is 1. The lowest BCUT2D eigenvalue weighted by Gasteiger charge is -2.14. The van der Waals surface area contributed by atoms with E-state index < -0.39 is 0 Å². The standard InChI is InChI=1S/C14H15ClN6/c1-3-12-19-13(8(2)14(20-12)21-17)18-11-6-9(7-16)4-5-10(11)15/h4-6H,3,17H2,1-2H3,(H2,18,19,20,21). The molecular formula is C14H15ClN6. The molecule has 2 aromatic rings. The third kappa shape index (κ3) is 3.21. The second kappa shape index (κ2) is 6.39. The number of nitriles is 1. The molecule has 0 unspecified atom stereocenters. The van der Waals surface area contributed by atoms with Crippen LogP contribution in [0.5, 0.6) is 0 Å². The van der Waals surface area contributed by atoms with Crippen molar-refractivity contribution in [3.8, 4) is 6.07 Å². The summed E-state index contributed by atoms with van der Waals surface area (Å²) in [6.45, 7) is 3.80. The Kier molecular flexibility index (Phi) is 4.58. The molecule has 0 spiro atoms. The summed E-state index contributed by atoms with van der Waals surface area (Å²) in [6, 6.07) is 7.07. The van der Waals surface area contributed by atoms with E-state index in [-0.39, 0.29) is 0 Å². The van der Waals surface area contributed by atoms with Gasteiger partial charge in [-0.1, -0.05) is 18.5 Å². The summed E-state index contributed by atoms with van der Waals surface area (Å²) in [5, 5.41) is 12.6. The third-order valence-electron chi connectivity index (χ3n) is 2.99. The highest BCUT2D eigenvalue weighted by Crippen LogP contribution is 2.28. The van der Waals surface area contributed by atoms with E-state index >= 15 is 0 Å². The number of hydrazine groups is 1. The second-order valence-electron chi connectivity index (χ2n) is 4.39. The molecule has 0 saturated carbocycles. The number of hydrogen-bond acceptors (Lipinski definition) is 6. The summed E-state index contributed by atoms with van der Waals surface area (Å²) in [7, 11) is 0. The van der Waals surface area contributed by atoms with Crippen molar-refractivity contribution in [3.63, 3.8) is 0 Å². The Morgan fingerprint density at radius 2 is 2.05 bits per heavy atom. The van der Waals surface area contributed by atoms with Gasteiger partial charge in [0.2, 0.25) is 0 Å². The average Bonchev–Trinajstić information content (AvgIpc) is 2.51. The zero-order chi connectivity index (χ0) is 15.4. The van der Waals surface area contributed by atoms with Crippen molar-refractivity contribution in [2.24, 2.45) is 5.84 Å². The van der Waals surface area contributed by atoms with Crippen molar-refractivity contribution in [1.29, 1.82) is 5.26 Å². The van der Waals surface area contributed by atoms with E-state index in [1.54, 1.807) is 18.2 Å². The molecular weight excluding hydrogens is 288 g/mol. The third-order valence-corrected chi connectivity index (χ3v) is 3.32. The molecule has 0 bridgehead atoms. The first-order valence-electron chi connectivity index (χ1n) is 6.39. The first kappa shape index (κ1) is 15.0. The fraction of sp³-hybridized carbons (Fsp3) is 0.214. The highest BCUT2D eigenvalue weighted by atomic mass is 35.5. The maximum Gasteiger partial charge on any atom is 0.148 e. The fourth-order valence-electron chi connectivity index (χ4n) is 1.80. The van der Waals surface area contributed by atoms with Crippen LogP contribution in [0.1, 0.15) is 23.9 Å². The molecule has 0 amide bonds. The van der Waals surface area contributed by atoms with Crippen molar-refractivity contribution >= 4 is 28.9 Å². The van der Waals surface area contributed by atoms with Crippen LogP contribution in [0.15, 0.2) is 18.2 Å². The molecule has 0 aliphatic heterocycles. The quantitative estimate of drug-likeness (QED) is 0.593. The number of halogens is 1. The molecule has 0 radical (unpaired) electrons. The van der Waals surface area contributed by atoms with E-state index in [9.17, 15) is 0 Å². The van der Waals surface area contributed by atoms with E-state index in [0.717, 1.165) is 5.56 Å². The number of benzene rings is 1. The number of nitrogens with zero attached hydrogens (tertiary/aromatic N) is 3. The number of nitrogen functional groups attached to an aromatic ring is 1. The van der Waals surface area contributed by atoms with Gasteiger partial charge in [-0.2, -0.15) is 5.26 Å². The summed E-state index contributed by atoms with van der Waals surface area (Å²) in [4.78, 5) is 8.73. The van der Waals surface area contributed by atoms with E-state index in [4.69, 9.17) is 22.7 Å². The van der Waals surface area contributed by atoms with Crippen LogP contribution < -0.4 is 16.6 Å². The molecule has 4 N–H and O–H groups in total.